The van der Waals surface area contributed by atoms with Crippen LogP contribution in [0.15, 0.2) is 41.3 Å². The first-order valence-electron chi connectivity index (χ1n) is 12.3. The van der Waals surface area contributed by atoms with Gasteiger partial charge in [-0.05, 0) is 56.0 Å². The van der Waals surface area contributed by atoms with Crippen molar-refractivity contribution in [2.45, 2.75) is 54.1 Å². The van der Waals surface area contributed by atoms with E-state index < -0.39 is 0 Å². The van der Waals surface area contributed by atoms with E-state index in [9.17, 15) is 9.59 Å². The number of nitrogens with zero attached hydrogens (tertiary/aromatic N) is 1. The van der Waals surface area contributed by atoms with Crippen LogP contribution in [0.5, 0.6) is 5.75 Å². The zero-order valence-corrected chi connectivity index (χ0v) is 25.1. The molecule has 0 saturated heterocycles. The molecular weight excluding hydrogens is 541 g/mol. The molecule has 0 amide bonds. The zero-order chi connectivity index (χ0) is 28.2. The number of benzene rings is 2. The molecule has 0 radical (unpaired) electrons. The Hall–Kier alpha value is -2.51. The smallest absolute Gasteiger partial charge is 0.169 e. The molecular formula is C30H33Cl2NO4S. The minimum absolute atomic E-state index is 0.0779. The summed E-state index contributed by atoms with van der Waals surface area (Å²) in [5, 5.41) is 3.21. The number of thiazole rings is 1. The second kappa shape index (κ2) is 12.6. The molecule has 0 saturated carbocycles. The van der Waals surface area contributed by atoms with Gasteiger partial charge in [0.25, 0.3) is 0 Å². The van der Waals surface area contributed by atoms with Gasteiger partial charge in [0.05, 0.1) is 35.4 Å². The summed E-state index contributed by atoms with van der Waals surface area (Å²) in [5.41, 5.74) is 3.83. The van der Waals surface area contributed by atoms with E-state index in [0.717, 1.165) is 16.8 Å². The highest BCUT2D eigenvalue weighted by Gasteiger charge is 2.30. The zero-order valence-electron chi connectivity index (χ0n) is 22.8. The predicted molar refractivity (Wildman–Crippen MR) is 157 cm³/mol. The van der Waals surface area contributed by atoms with Crippen LogP contribution < -0.4 is 4.74 Å². The highest BCUT2D eigenvalue weighted by Crippen LogP contribution is 2.44. The SMILES string of the molecule is CCOC(c1cccc(-c2csc(CC(=O)c3cc(Cl)c(/C=C(\C)C(C)=O)c(Cl)c3)n2)c1OC)C(C)(C)C. The maximum absolute atomic E-state index is 13.1. The summed E-state index contributed by atoms with van der Waals surface area (Å²) in [7, 11) is 1.65. The number of hydrogen-bond donors (Lipinski definition) is 0. The van der Waals surface area contributed by atoms with Gasteiger partial charge in [-0.3, -0.25) is 9.59 Å². The van der Waals surface area contributed by atoms with Gasteiger partial charge < -0.3 is 9.47 Å². The lowest BCUT2D eigenvalue weighted by Crippen LogP contribution is -2.22. The first kappa shape index (κ1) is 30.0. The molecule has 3 rings (SSSR count). The first-order valence-corrected chi connectivity index (χ1v) is 14.0. The van der Waals surface area contributed by atoms with Crippen molar-refractivity contribution in [1.82, 2.24) is 4.98 Å². The number of aromatic nitrogens is 1. The number of ketones is 2. The van der Waals surface area contributed by atoms with E-state index >= 15 is 0 Å². The normalized spacial score (nSPS) is 12.9. The van der Waals surface area contributed by atoms with Crippen molar-refractivity contribution in [1.29, 1.82) is 0 Å². The van der Waals surface area contributed by atoms with Gasteiger partial charge in [-0.15, -0.1) is 11.3 Å². The first-order chi connectivity index (χ1) is 17.9. The highest BCUT2D eigenvalue weighted by molar-refractivity contribution is 7.10. The Morgan fingerprint density at radius 3 is 2.34 bits per heavy atom. The number of halogens is 2. The fraction of sp³-hybridized carbons (Fsp3) is 0.367. The molecule has 0 bridgehead atoms. The second-order valence-corrected chi connectivity index (χ2v) is 11.9. The molecule has 38 heavy (non-hydrogen) atoms. The number of Topliss-reactive ketones (excluding diaryl/α,β-unsaturated/α-hetero) is 2. The summed E-state index contributed by atoms with van der Waals surface area (Å²) in [6.07, 6.45) is 1.57. The molecule has 1 heterocycles. The van der Waals surface area contributed by atoms with Gasteiger partial charge in [-0.25, -0.2) is 4.98 Å². The maximum atomic E-state index is 13.1. The van der Waals surface area contributed by atoms with Gasteiger partial charge in [-0.2, -0.15) is 0 Å². The van der Waals surface area contributed by atoms with Crippen LogP contribution >= 0.6 is 34.5 Å². The van der Waals surface area contributed by atoms with Gasteiger partial charge >= 0.3 is 0 Å². The predicted octanol–water partition coefficient (Wildman–Crippen LogP) is 8.67. The Balaban J connectivity index is 1.90. The summed E-state index contributed by atoms with van der Waals surface area (Å²) in [6, 6.07) is 9.12. The molecule has 5 nitrogen and oxygen atoms in total. The fourth-order valence-electron chi connectivity index (χ4n) is 4.12. The Morgan fingerprint density at radius 2 is 1.79 bits per heavy atom. The Bertz CT molecular complexity index is 1350. The third-order valence-corrected chi connectivity index (χ3v) is 7.58. The maximum Gasteiger partial charge on any atom is 0.169 e. The Labute approximate surface area is 238 Å². The van der Waals surface area contributed by atoms with E-state index in [0.29, 0.717) is 44.1 Å². The lowest BCUT2D eigenvalue weighted by Gasteiger charge is -2.32. The van der Waals surface area contributed by atoms with Crippen LogP contribution in [0.3, 0.4) is 0 Å². The number of methoxy groups -OCH3 is 1. The second-order valence-electron chi connectivity index (χ2n) is 10.1. The fourth-order valence-corrected chi connectivity index (χ4v) is 5.51. The van der Waals surface area contributed by atoms with Gasteiger partial charge in [0, 0.05) is 34.2 Å². The molecule has 202 valence electrons. The number of allylic oxidation sites excluding steroid dienone is 1. The molecule has 8 heteroatoms. The Morgan fingerprint density at radius 1 is 1.13 bits per heavy atom. The van der Waals surface area contributed by atoms with Gasteiger partial charge in [-0.1, -0.05) is 56.1 Å². The molecule has 2 aromatic carbocycles. The third kappa shape index (κ3) is 6.92. The van der Waals surface area contributed by atoms with E-state index in [2.05, 4.69) is 20.8 Å². The van der Waals surface area contributed by atoms with E-state index in [1.807, 2.05) is 30.5 Å². The van der Waals surface area contributed by atoms with E-state index in [1.165, 1.54) is 18.3 Å². The van der Waals surface area contributed by atoms with Crippen molar-refractivity contribution in [2.24, 2.45) is 5.41 Å². The summed E-state index contributed by atoms with van der Waals surface area (Å²) < 4.78 is 12.0. The number of hydrogen-bond acceptors (Lipinski definition) is 6. The van der Waals surface area contributed by atoms with Crippen LogP contribution in [0.1, 0.15) is 74.1 Å². The van der Waals surface area contributed by atoms with E-state index in [1.54, 1.807) is 32.2 Å². The number of para-hydroxylation sites is 1. The lowest BCUT2D eigenvalue weighted by atomic mass is 9.83. The van der Waals surface area contributed by atoms with Gasteiger partial charge in [0.1, 0.15) is 10.8 Å². The minimum Gasteiger partial charge on any atom is -0.496 e. The minimum atomic E-state index is -0.159. The summed E-state index contributed by atoms with van der Waals surface area (Å²) in [5.74, 6) is 0.483. The van der Waals surface area contributed by atoms with Crippen molar-refractivity contribution in [2.75, 3.05) is 13.7 Å². The van der Waals surface area contributed by atoms with Crippen molar-refractivity contribution < 1.29 is 19.1 Å². The monoisotopic (exact) mass is 573 g/mol. The quantitative estimate of drug-likeness (QED) is 0.179. The van der Waals surface area contributed by atoms with Crippen LogP contribution in [0.2, 0.25) is 10.0 Å². The van der Waals surface area contributed by atoms with E-state index in [-0.39, 0.29) is 29.5 Å². The average molecular weight is 575 g/mol. The molecule has 0 aliphatic carbocycles. The van der Waals surface area contributed by atoms with Crippen LogP contribution in [-0.2, 0) is 16.0 Å². The largest absolute Gasteiger partial charge is 0.496 e. The molecule has 0 aliphatic heterocycles. The molecule has 0 N–H and O–H groups in total. The van der Waals surface area contributed by atoms with Crippen molar-refractivity contribution >= 4 is 52.2 Å². The topological polar surface area (TPSA) is 65.5 Å². The van der Waals surface area contributed by atoms with Gasteiger partial charge in [0.2, 0.25) is 0 Å². The Kier molecular flexibility index (Phi) is 9.93. The highest BCUT2D eigenvalue weighted by atomic mass is 35.5. The van der Waals surface area contributed by atoms with Crippen LogP contribution in [-0.4, -0.2) is 30.3 Å². The third-order valence-electron chi connectivity index (χ3n) is 6.11. The molecule has 3 aromatic rings. The van der Waals surface area contributed by atoms with Crippen molar-refractivity contribution in [3.8, 4) is 17.0 Å². The standard InChI is InChI=1S/C30H33Cl2NO4S/c1-8-37-29(30(4,5)6)21-11-9-10-20(28(21)36-7)25-16-38-27(33-25)15-26(35)19-13-23(31)22(24(32)14-19)12-17(2)18(3)34/h9-14,16,29H,8,15H2,1-7H3/b17-12+. The summed E-state index contributed by atoms with van der Waals surface area (Å²) in [6.45, 7) is 12.1. The van der Waals surface area contributed by atoms with Crippen LogP contribution in [0.25, 0.3) is 17.3 Å². The van der Waals surface area contributed by atoms with Gasteiger partial charge in [0.15, 0.2) is 11.6 Å². The molecule has 0 aliphatic rings. The number of carbonyl (C=O) groups is 2. The summed E-state index contributed by atoms with van der Waals surface area (Å²) >= 11 is 14.2. The van der Waals surface area contributed by atoms with Crippen LogP contribution in [0.4, 0.5) is 0 Å². The molecule has 1 unspecified atom stereocenters. The van der Waals surface area contributed by atoms with E-state index in [4.69, 9.17) is 37.7 Å². The molecule has 1 aromatic heterocycles. The molecule has 1 atom stereocenters. The van der Waals surface area contributed by atoms with Crippen molar-refractivity contribution in [3.63, 3.8) is 0 Å². The van der Waals surface area contributed by atoms with Crippen molar-refractivity contribution in [3.05, 3.63) is 73.0 Å². The number of ether oxygens (including phenoxy) is 2. The molecule has 0 fully saturated rings. The number of carbonyl (C=O) groups excluding carboxylic acids is 2. The average Bonchev–Trinajstić information content (AvgIpc) is 3.31. The molecule has 0 spiro atoms. The number of rotatable bonds is 10. The van der Waals surface area contributed by atoms with Crippen LogP contribution in [0, 0.1) is 5.41 Å². The lowest BCUT2D eigenvalue weighted by molar-refractivity contribution is -0.113. The summed E-state index contributed by atoms with van der Waals surface area (Å²) in [4.78, 5) is 29.4.